The normalized spacial score (nSPS) is 19.7. The highest BCUT2D eigenvalue weighted by Gasteiger charge is 2.42. The van der Waals surface area contributed by atoms with Crippen LogP contribution < -0.4 is 5.32 Å². The third kappa shape index (κ3) is 3.61. The molecule has 2 rings (SSSR count). The molecule has 0 aliphatic heterocycles. The first kappa shape index (κ1) is 14.6. The lowest BCUT2D eigenvalue weighted by Crippen LogP contribution is -2.52. The van der Waals surface area contributed by atoms with Gasteiger partial charge in [0.05, 0.1) is 11.9 Å². The molecule has 0 saturated heterocycles. The summed E-state index contributed by atoms with van der Waals surface area (Å²) in [7, 11) is 0. The van der Waals surface area contributed by atoms with Crippen LogP contribution in [0.2, 0.25) is 0 Å². The highest BCUT2D eigenvalue weighted by molar-refractivity contribution is 5.06. The first-order valence-electron chi connectivity index (χ1n) is 7.70. The fraction of sp³-hybridized carbons (Fsp3) is 0.750. The average molecular weight is 265 g/mol. The smallest absolute Gasteiger partial charge is 0.105 e. The lowest BCUT2D eigenvalue weighted by molar-refractivity contribution is -0.0621. The van der Waals surface area contributed by atoms with Crippen LogP contribution in [0, 0.1) is 0 Å². The summed E-state index contributed by atoms with van der Waals surface area (Å²) in [6, 6.07) is 4.39. The Hall–Kier alpha value is -0.800. The summed E-state index contributed by atoms with van der Waals surface area (Å²) in [6.45, 7) is 6.14. The highest BCUT2D eigenvalue weighted by Crippen LogP contribution is 2.37. The van der Waals surface area contributed by atoms with Crippen molar-refractivity contribution in [2.24, 2.45) is 0 Å². The molecular formula is C16H27NO2. The Kier molecular flexibility index (Phi) is 5.46. The van der Waals surface area contributed by atoms with Gasteiger partial charge in [-0.2, -0.15) is 0 Å². The Morgan fingerprint density at radius 2 is 2.16 bits per heavy atom. The van der Waals surface area contributed by atoms with E-state index in [1.54, 1.807) is 6.26 Å². The number of hydrogen-bond acceptors (Lipinski definition) is 3. The SMILES string of the molecule is CCCNC(Cc1ccco1)C1(OCC)CCCC1. The van der Waals surface area contributed by atoms with Crippen LogP contribution in [0.5, 0.6) is 0 Å². The molecule has 1 fully saturated rings. The van der Waals surface area contributed by atoms with Gasteiger partial charge in [-0.25, -0.2) is 0 Å². The van der Waals surface area contributed by atoms with Gasteiger partial charge in [0.2, 0.25) is 0 Å². The van der Waals surface area contributed by atoms with Crippen molar-refractivity contribution in [3.63, 3.8) is 0 Å². The second-order valence-corrected chi connectivity index (χ2v) is 5.50. The Bertz CT molecular complexity index is 342. The van der Waals surface area contributed by atoms with Crippen LogP contribution >= 0.6 is 0 Å². The molecule has 1 aliphatic carbocycles. The van der Waals surface area contributed by atoms with Crippen LogP contribution in [-0.4, -0.2) is 24.8 Å². The summed E-state index contributed by atoms with van der Waals surface area (Å²) < 4.78 is 11.7. The molecule has 1 heterocycles. The van der Waals surface area contributed by atoms with Crippen LogP contribution in [0.1, 0.15) is 51.7 Å². The molecule has 1 N–H and O–H groups in total. The zero-order valence-electron chi connectivity index (χ0n) is 12.3. The maximum absolute atomic E-state index is 6.19. The van der Waals surface area contributed by atoms with Crippen LogP contribution in [0.3, 0.4) is 0 Å². The predicted molar refractivity (Wildman–Crippen MR) is 77.3 cm³/mol. The molecule has 3 heteroatoms. The lowest BCUT2D eigenvalue weighted by Gasteiger charge is -2.38. The van der Waals surface area contributed by atoms with Gasteiger partial charge in [-0.3, -0.25) is 0 Å². The van der Waals surface area contributed by atoms with E-state index in [0.717, 1.165) is 31.8 Å². The highest BCUT2D eigenvalue weighted by atomic mass is 16.5. The molecule has 1 unspecified atom stereocenters. The summed E-state index contributed by atoms with van der Waals surface area (Å²) in [5.74, 6) is 1.06. The molecule has 1 aliphatic rings. The molecule has 0 radical (unpaired) electrons. The first-order valence-corrected chi connectivity index (χ1v) is 7.70. The molecule has 0 aromatic carbocycles. The zero-order chi connectivity index (χ0) is 13.6. The second kappa shape index (κ2) is 7.11. The molecule has 0 amide bonds. The summed E-state index contributed by atoms with van der Waals surface area (Å²) in [4.78, 5) is 0. The Morgan fingerprint density at radius 3 is 2.74 bits per heavy atom. The van der Waals surface area contributed by atoms with Crippen molar-refractivity contribution in [3.8, 4) is 0 Å². The monoisotopic (exact) mass is 265 g/mol. The van der Waals surface area contributed by atoms with Crippen molar-refractivity contribution in [2.45, 2.75) is 64.0 Å². The molecule has 1 atom stereocenters. The summed E-state index contributed by atoms with van der Waals surface area (Å²) in [5.41, 5.74) is 0.0106. The first-order chi connectivity index (χ1) is 9.30. The summed E-state index contributed by atoms with van der Waals surface area (Å²) >= 11 is 0. The number of hydrogen-bond donors (Lipinski definition) is 1. The van der Waals surface area contributed by atoms with Crippen molar-refractivity contribution < 1.29 is 9.15 Å². The van der Waals surface area contributed by atoms with E-state index in [4.69, 9.17) is 9.15 Å². The van der Waals surface area contributed by atoms with E-state index in [0.29, 0.717) is 6.04 Å². The minimum atomic E-state index is 0.0106. The largest absolute Gasteiger partial charge is 0.469 e. The van der Waals surface area contributed by atoms with E-state index < -0.39 is 0 Å². The van der Waals surface area contributed by atoms with Gasteiger partial charge in [0.1, 0.15) is 5.76 Å². The molecule has 108 valence electrons. The number of ether oxygens (including phenoxy) is 1. The van der Waals surface area contributed by atoms with Gasteiger partial charge in [-0.15, -0.1) is 0 Å². The van der Waals surface area contributed by atoms with Gasteiger partial charge in [0.15, 0.2) is 0 Å². The Labute approximate surface area is 116 Å². The van der Waals surface area contributed by atoms with Crippen molar-refractivity contribution in [2.75, 3.05) is 13.2 Å². The predicted octanol–water partition coefficient (Wildman–Crippen LogP) is 3.54. The fourth-order valence-electron chi connectivity index (χ4n) is 3.25. The van der Waals surface area contributed by atoms with E-state index in [1.165, 1.54) is 25.7 Å². The number of furan rings is 1. The van der Waals surface area contributed by atoms with Crippen molar-refractivity contribution in [1.82, 2.24) is 5.32 Å². The van der Waals surface area contributed by atoms with Crippen LogP contribution in [-0.2, 0) is 11.2 Å². The Morgan fingerprint density at radius 1 is 1.37 bits per heavy atom. The van der Waals surface area contributed by atoms with E-state index >= 15 is 0 Å². The third-order valence-corrected chi connectivity index (χ3v) is 4.14. The third-order valence-electron chi connectivity index (χ3n) is 4.14. The second-order valence-electron chi connectivity index (χ2n) is 5.50. The van der Waals surface area contributed by atoms with Crippen molar-refractivity contribution in [1.29, 1.82) is 0 Å². The minimum absolute atomic E-state index is 0.0106. The van der Waals surface area contributed by atoms with Crippen molar-refractivity contribution >= 4 is 0 Å². The summed E-state index contributed by atoms with van der Waals surface area (Å²) in [5, 5.41) is 3.69. The zero-order valence-corrected chi connectivity index (χ0v) is 12.3. The minimum Gasteiger partial charge on any atom is -0.469 e. The Balaban J connectivity index is 2.09. The number of rotatable bonds is 8. The van der Waals surface area contributed by atoms with Gasteiger partial charge in [0, 0.05) is 19.1 Å². The number of nitrogens with one attached hydrogen (secondary N) is 1. The molecule has 0 spiro atoms. The van der Waals surface area contributed by atoms with E-state index in [-0.39, 0.29) is 5.60 Å². The van der Waals surface area contributed by atoms with Crippen LogP contribution in [0.4, 0.5) is 0 Å². The quantitative estimate of drug-likeness (QED) is 0.780. The summed E-state index contributed by atoms with van der Waals surface area (Å²) in [6.07, 6.45) is 8.73. The van der Waals surface area contributed by atoms with Crippen molar-refractivity contribution in [3.05, 3.63) is 24.2 Å². The van der Waals surface area contributed by atoms with Gasteiger partial charge in [-0.1, -0.05) is 19.8 Å². The van der Waals surface area contributed by atoms with Crippen LogP contribution in [0.25, 0.3) is 0 Å². The van der Waals surface area contributed by atoms with Gasteiger partial charge in [-0.05, 0) is 44.9 Å². The van der Waals surface area contributed by atoms with E-state index in [9.17, 15) is 0 Å². The van der Waals surface area contributed by atoms with Gasteiger partial charge < -0.3 is 14.5 Å². The van der Waals surface area contributed by atoms with Gasteiger partial charge in [0.25, 0.3) is 0 Å². The van der Waals surface area contributed by atoms with Crippen LogP contribution in [0.15, 0.2) is 22.8 Å². The molecule has 1 saturated carbocycles. The maximum atomic E-state index is 6.19. The van der Waals surface area contributed by atoms with Gasteiger partial charge >= 0.3 is 0 Å². The fourth-order valence-corrected chi connectivity index (χ4v) is 3.25. The standard InChI is InChI=1S/C16H27NO2/c1-3-11-17-15(13-14-8-7-12-18-14)16(19-4-2)9-5-6-10-16/h7-8,12,15,17H,3-6,9-11,13H2,1-2H3. The molecular weight excluding hydrogens is 238 g/mol. The van der Waals surface area contributed by atoms with E-state index in [1.807, 2.05) is 6.07 Å². The van der Waals surface area contributed by atoms with E-state index in [2.05, 4.69) is 25.2 Å². The topological polar surface area (TPSA) is 34.4 Å². The average Bonchev–Trinajstić information content (AvgIpc) is 3.06. The molecule has 19 heavy (non-hydrogen) atoms. The molecule has 3 nitrogen and oxygen atoms in total. The maximum Gasteiger partial charge on any atom is 0.105 e. The molecule has 0 bridgehead atoms. The molecule has 1 aromatic rings. The molecule has 1 aromatic heterocycles. The lowest BCUT2D eigenvalue weighted by atomic mass is 9.88.